The molecule has 0 aliphatic heterocycles. The van der Waals surface area contributed by atoms with Crippen LogP contribution in [0.3, 0.4) is 0 Å². The smallest absolute Gasteiger partial charge is 0.312 e. The molecule has 1 rings (SSSR count). The van der Waals surface area contributed by atoms with E-state index < -0.39 is 5.41 Å². The molecule has 0 aliphatic rings. The van der Waals surface area contributed by atoms with Crippen LogP contribution in [0, 0.1) is 16.2 Å². The number of carbonyl (C=O) groups is 1. The van der Waals surface area contributed by atoms with E-state index in [1.165, 1.54) is 0 Å². The first kappa shape index (κ1) is 21.7. The second-order valence-electron chi connectivity index (χ2n) is 8.36. The van der Waals surface area contributed by atoms with Crippen LogP contribution in [0.15, 0.2) is 30.3 Å². The first-order valence-electron chi connectivity index (χ1n) is 9.91. The van der Waals surface area contributed by atoms with Gasteiger partial charge in [0.2, 0.25) is 0 Å². The van der Waals surface area contributed by atoms with Crippen LogP contribution in [0.1, 0.15) is 86.1 Å². The number of rotatable bonds is 10. The Labute approximate surface area is 155 Å². The minimum Gasteiger partial charge on any atom is -0.460 e. The van der Waals surface area contributed by atoms with Crippen molar-refractivity contribution in [2.45, 2.75) is 87.2 Å². The first-order chi connectivity index (χ1) is 11.7. The molecule has 1 aromatic carbocycles. The fourth-order valence-electron chi connectivity index (χ4n) is 3.80. The minimum absolute atomic E-state index is 0.0457. The third kappa shape index (κ3) is 4.86. The van der Waals surface area contributed by atoms with Crippen molar-refractivity contribution in [2.75, 3.05) is 0 Å². The summed E-state index contributed by atoms with van der Waals surface area (Å²) in [6.45, 7) is 15.9. The first-order valence-corrected chi connectivity index (χ1v) is 9.91. The van der Waals surface area contributed by atoms with Crippen LogP contribution < -0.4 is 0 Å². The van der Waals surface area contributed by atoms with E-state index in [1.54, 1.807) is 0 Å². The van der Waals surface area contributed by atoms with E-state index in [4.69, 9.17) is 4.74 Å². The van der Waals surface area contributed by atoms with E-state index >= 15 is 0 Å². The second-order valence-corrected chi connectivity index (χ2v) is 8.36. The van der Waals surface area contributed by atoms with Crippen molar-refractivity contribution in [3.63, 3.8) is 0 Å². The van der Waals surface area contributed by atoms with Gasteiger partial charge < -0.3 is 4.74 Å². The van der Waals surface area contributed by atoms with E-state index in [0.29, 0.717) is 6.61 Å². The molecule has 0 radical (unpaired) electrons. The van der Waals surface area contributed by atoms with E-state index in [1.807, 2.05) is 30.3 Å². The summed E-state index contributed by atoms with van der Waals surface area (Å²) in [4.78, 5) is 13.3. The third-order valence-electron chi connectivity index (χ3n) is 7.04. The molecule has 2 heteroatoms. The van der Waals surface area contributed by atoms with Crippen molar-refractivity contribution in [2.24, 2.45) is 16.2 Å². The molecule has 0 spiro atoms. The summed E-state index contributed by atoms with van der Waals surface area (Å²) in [7, 11) is 0. The zero-order valence-corrected chi connectivity index (χ0v) is 17.4. The van der Waals surface area contributed by atoms with Crippen LogP contribution in [-0.2, 0) is 16.1 Å². The fraction of sp³-hybridized carbons (Fsp3) is 0.696. The van der Waals surface area contributed by atoms with Gasteiger partial charge in [-0.1, -0.05) is 84.7 Å². The number of hydrogen-bond donors (Lipinski definition) is 0. The molecule has 1 atom stereocenters. The molecular weight excluding hydrogens is 308 g/mol. The summed E-state index contributed by atoms with van der Waals surface area (Å²) >= 11 is 0. The molecule has 0 bridgehead atoms. The monoisotopic (exact) mass is 346 g/mol. The molecule has 0 saturated heterocycles. The number of carbonyl (C=O) groups excluding carboxylic acids is 1. The Morgan fingerprint density at radius 3 is 1.84 bits per heavy atom. The second kappa shape index (κ2) is 8.87. The van der Waals surface area contributed by atoms with E-state index in [-0.39, 0.29) is 16.8 Å². The largest absolute Gasteiger partial charge is 0.460 e. The van der Waals surface area contributed by atoms with Crippen molar-refractivity contribution in [3.05, 3.63) is 35.9 Å². The lowest BCUT2D eigenvalue weighted by atomic mass is 9.56. The Bertz CT molecular complexity index is 526. The molecule has 0 N–H and O–H groups in total. The summed E-state index contributed by atoms with van der Waals surface area (Å²) < 4.78 is 5.84. The van der Waals surface area contributed by atoms with Gasteiger partial charge in [-0.05, 0) is 42.6 Å². The third-order valence-corrected chi connectivity index (χ3v) is 7.04. The van der Waals surface area contributed by atoms with Crippen molar-refractivity contribution in [1.29, 1.82) is 0 Å². The van der Waals surface area contributed by atoms with Crippen LogP contribution in [0.25, 0.3) is 0 Å². The average molecular weight is 347 g/mol. The summed E-state index contributed by atoms with van der Waals surface area (Å²) in [5, 5.41) is 0. The van der Waals surface area contributed by atoms with Crippen LogP contribution >= 0.6 is 0 Å². The van der Waals surface area contributed by atoms with E-state index in [9.17, 15) is 4.79 Å². The van der Waals surface area contributed by atoms with Gasteiger partial charge in [0.05, 0.1) is 5.41 Å². The fourth-order valence-corrected chi connectivity index (χ4v) is 3.80. The Kier molecular flexibility index (Phi) is 7.71. The molecular formula is C23H38O2. The Hall–Kier alpha value is -1.31. The zero-order valence-electron chi connectivity index (χ0n) is 17.4. The lowest BCUT2D eigenvalue weighted by Gasteiger charge is -2.48. The summed E-state index contributed by atoms with van der Waals surface area (Å²) in [5.41, 5.74) is 0.659. The summed E-state index contributed by atoms with van der Waals surface area (Å²) in [6, 6.07) is 9.96. The maximum Gasteiger partial charge on any atom is 0.312 e. The molecule has 142 valence electrons. The predicted octanol–water partition coefficient (Wildman–Crippen LogP) is 6.78. The van der Waals surface area contributed by atoms with Gasteiger partial charge in [-0.25, -0.2) is 0 Å². The van der Waals surface area contributed by atoms with Gasteiger partial charge in [0.25, 0.3) is 0 Å². The molecule has 2 nitrogen and oxygen atoms in total. The molecule has 0 amide bonds. The summed E-state index contributed by atoms with van der Waals surface area (Å²) in [6.07, 6.45) is 4.98. The molecule has 0 fully saturated rings. The van der Waals surface area contributed by atoms with Gasteiger partial charge in [-0.2, -0.15) is 0 Å². The highest BCUT2D eigenvalue weighted by molar-refractivity contribution is 5.77. The Morgan fingerprint density at radius 2 is 1.40 bits per heavy atom. The van der Waals surface area contributed by atoms with Crippen molar-refractivity contribution in [3.8, 4) is 0 Å². The lowest BCUT2D eigenvalue weighted by molar-refractivity contribution is -0.169. The van der Waals surface area contributed by atoms with Crippen molar-refractivity contribution >= 4 is 5.97 Å². The number of hydrogen-bond acceptors (Lipinski definition) is 2. The lowest BCUT2D eigenvalue weighted by Crippen LogP contribution is -2.47. The zero-order chi connectivity index (χ0) is 19.1. The van der Waals surface area contributed by atoms with Gasteiger partial charge in [0, 0.05) is 0 Å². The number of ether oxygens (including phenoxy) is 1. The van der Waals surface area contributed by atoms with Crippen LogP contribution in [0.5, 0.6) is 0 Å². The quantitative estimate of drug-likeness (QED) is 0.436. The highest BCUT2D eigenvalue weighted by Gasteiger charge is 2.51. The molecule has 1 aromatic rings. The van der Waals surface area contributed by atoms with Gasteiger partial charge in [-0.15, -0.1) is 0 Å². The van der Waals surface area contributed by atoms with Gasteiger partial charge >= 0.3 is 5.97 Å². The standard InChI is InChI=1S/C23H38O2/c1-8-21(5,9-2)18-23(7,22(6,10-3)11-4)20(24)25-17-19-15-13-12-14-16-19/h12-16H,8-11,17-18H2,1-7H3. The van der Waals surface area contributed by atoms with E-state index in [2.05, 4.69) is 48.5 Å². The highest BCUT2D eigenvalue weighted by Crippen LogP contribution is 2.53. The Morgan fingerprint density at radius 1 is 0.880 bits per heavy atom. The van der Waals surface area contributed by atoms with Crippen LogP contribution in [-0.4, -0.2) is 5.97 Å². The average Bonchev–Trinajstić information content (AvgIpc) is 2.65. The van der Waals surface area contributed by atoms with Crippen molar-refractivity contribution in [1.82, 2.24) is 0 Å². The molecule has 1 unspecified atom stereocenters. The van der Waals surface area contributed by atoms with Gasteiger partial charge in [-0.3, -0.25) is 4.79 Å². The molecule has 25 heavy (non-hydrogen) atoms. The highest BCUT2D eigenvalue weighted by atomic mass is 16.5. The van der Waals surface area contributed by atoms with Gasteiger partial charge in [0.1, 0.15) is 6.61 Å². The molecule has 0 aromatic heterocycles. The number of esters is 1. The maximum absolute atomic E-state index is 13.3. The number of benzene rings is 1. The summed E-state index contributed by atoms with van der Waals surface area (Å²) in [5.74, 6) is -0.0457. The maximum atomic E-state index is 13.3. The van der Waals surface area contributed by atoms with Crippen molar-refractivity contribution < 1.29 is 9.53 Å². The predicted molar refractivity (Wildman–Crippen MR) is 106 cm³/mol. The SMILES string of the molecule is CCC(C)(CC)CC(C)(C(=O)OCc1ccccc1)C(C)(CC)CC. The molecule has 0 heterocycles. The normalized spacial score (nSPS) is 14.8. The van der Waals surface area contributed by atoms with Crippen LogP contribution in [0.4, 0.5) is 0 Å². The Balaban J connectivity index is 3.10. The van der Waals surface area contributed by atoms with Crippen LogP contribution in [0.2, 0.25) is 0 Å². The topological polar surface area (TPSA) is 26.3 Å². The van der Waals surface area contributed by atoms with Gasteiger partial charge in [0.15, 0.2) is 0 Å². The molecule has 0 saturated carbocycles. The van der Waals surface area contributed by atoms with E-state index in [0.717, 1.165) is 37.7 Å². The minimum atomic E-state index is -0.480. The molecule has 0 aliphatic carbocycles.